The van der Waals surface area contributed by atoms with E-state index in [1.165, 1.54) is 64.2 Å². The van der Waals surface area contributed by atoms with E-state index in [1.54, 1.807) is 6.08 Å². The highest BCUT2D eigenvalue weighted by atomic mass is 16.6. The molecule has 42 heavy (non-hydrogen) atoms. The largest absolute Gasteiger partial charge is 0.462 e. The van der Waals surface area contributed by atoms with Crippen molar-refractivity contribution < 1.29 is 29.3 Å². The molecule has 0 amide bonds. The number of unbranched alkanes of at least 4 members (excludes halogenated alkanes) is 13. The standard InChI is InChI=1S/C36H62O6/c1-3-5-7-9-11-13-15-17-21-26-30-36(40)42-34(31-37)32-41-35(39)29-25-22-18-20-24-28-33(38)27-23-19-16-14-12-10-8-6-4-2/h12,14,18-20,23-24,28,33-34,37-38H,3-11,13,15-17,21-22,25-27,29-32H2,1-2H3/b14-12-,20-18+,23-19-,28-24-/t33?,34-/m0/s1. The van der Waals surface area contributed by atoms with Crippen molar-refractivity contribution in [3.05, 3.63) is 48.6 Å². The van der Waals surface area contributed by atoms with Crippen LogP contribution in [0.1, 0.15) is 142 Å². The molecule has 0 aromatic rings. The van der Waals surface area contributed by atoms with E-state index in [0.717, 1.165) is 32.1 Å². The van der Waals surface area contributed by atoms with Crippen molar-refractivity contribution in [2.45, 2.75) is 154 Å². The van der Waals surface area contributed by atoms with Crippen LogP contribution < -0.4 is 0 Å². The lowest BCUT2D eigenvalue weighted by Crippen LogP contribution is -2.28. The molecule has 0 heterocycles. The Hall–Kier alpha value is -2.18. The van der Waals surface area contributed by atoms with Gasteiger partial charge in [0.2, 0.25) is 0 Å². The number of allylic oxidation sites excluding steroid dienone is 6. The van der Waals surface area contributed by atoms with Crippen molar-refractivity contribution in [3.63, 3.8) is 0 Å². The van der Waals surface area contributed by atoms with Crippen molar-refractivity contribution in [2.75, 3.05) is 13.2 Å². The number of carbonyl (C=O) groups is 2. The van der Waals surface area contributed by atoms with Crippen LogP contribution in [0, 0.1) is 0 Å². The third kappa shape index (κ3) is 29.3. The lowest BCUT2D eigenvalue weighted by molar-refractivity contribution is -0.161. The van der Waals surface area contributed by atoms with E-state index >= 15 is 0 Å². The van der Waals surface area contributed by atoms with Crippen LogP contribution in [-0.2, 0) is 19.1 Å². The summed E-state index contributed by atoms with van der Waals surface area (Å²) in [5.41, 5.74) is 0. The second kappa shape index (κ2) is 31.7. The summed E-state index contributed by atoms with van der Waals surface area (Å²) in [5.74, 6) is -0.726. The van der Waals surface area contributed by atoms with Gasteiger partial charge in [-0.25, -0.2) is 0 Å². The quantitative estimate of drug-likeness (QED) is 0.0391. The van der Waals surface area contributed by atoms with Crippen molar-refractivity contribution >= 4 is 11.9 Å². The molecule has 0 aliphatic rings. The highest BCUT2D eigenvalue weighted by Crippen LogP contribution is 2.12. The van der Waals surface area contributed by atoms with Gasteiger partial charge in [-0.1, -0.05) is 133 Å². The SMILES string of the molecule is CCCCC/C=C\C/C=C\CC(O)/C=C\C=C\CCCC(=O)OC[C@H](CO)OC(=O)CCCCCCCCCCCC. The van der Waals surface area contributed by atoms with Gasteiger partial charge in [-0.3, -0.25) is 9.59 Å². The summed E-state index contributed by atoms with van der Waals surface area (Å²) in [6.07, 6.45) is 34.8. The third-order valence-corrected chi connectivity index (χ3v) is 6.96. The van der Waals surface area contributed by atoms with E-state index in [-0.39, 0.29) is 31.6 Å². The zero-order valence-corrected chi connectivity index (χ0v) is 26.9. The molecule has 1 unspecified atom stereocenters. The maximum absolute atomic E-state index is 12.1. The van der Waals surface area contributed by atoms with Gasteiger partial charge in [0, 0.05) is 12.8 Å². The number of ether oxygens (including phenoxy) is 2. The topological polar surface area (TPSA) is 93.1 Å². The van der Waals surface area contributed by atoms with Crippen LogP contribution in [0.15, 0.2) is 48.6 Å². The summed E-state index contributed by atoms with van der Waals surface area (Å²) in [5, 5.41) is 19.5. The molecule has 2 N–H and O–H groups in total. The van der Waals surface area contributed by atoms with Crippen LogP contribution in [0.25, 0.3) is 0 Å². The van der Waals surface area contributed by atoms with Gasteiger partial charge in [0.15, 0.2) is 6.10 Å². The Balaban J connectivity index is 3.82. The molecule has 0 rings (SSSR count). The summed E-state index contributed by atoms with van der Waals surface area (Å²) >= 11 is 0. The normalized spacial score (nSPS) is 13.5. The summed E-state index contributed by atoms with van der Waals surface area (Å²) in [6, 6.07) is 0. The van der Waals surface area contributed by atoms with Crippen LogP contribution in [-0.4, -0.2) is 47.6 Å². The summed E-state index contributed by atoms with van der Waals surface area (Å²) in [6.45, 7) is 3.94. The molecule has 0 saturated heterocycles. The molecule has 6 heteroatoms. The molecule has 2 atom stereocenters. The predicted octanol–water partition coefficient (Wildman–Crippen LogP) is 8.86. The maximum Gasteiger partial charge on any atom is 0.306 e. The molecule has 242 valence electrons. The van der Waals surface area contributed by atoms with Gasteiger partial charge in [-0.05, 0) is 44.9 Å². The first kappa shape index (κ1) is 39.8. The highest BCUT2D eigenvalue weighted by molar-refractivity contribution is 5.70. The number of aliphatic hydroxyl groups excluding tert-OH is 2. The molecule has 0 aromatic heterocycles. The molecule has 0 aromatic carbocycles. The molecular formula is C36H62O6. The number of esters is 2. The second-order valence-electron chi connectivity index (χ2n) is 11.1. The molecule has 0 spiro atoms. The number of hydrogen-bond donors (Lipinski definition) is 2. The lowest BCUT2D eigenvalue weighted by atomic mass is 10.1. The second-order valence-corrected chi connectivity index (χ2v) is 11.1. The minimum absolute atomic E-state index is 0.126. The van der Waals surface area contributed by atoms with Gasteiger partial charge < -0.3 is 19.7 Å². The predicted molar refractivity (Wildman–Crippen MR) is 174 cm³/mol. The summed E-state index contributed by atoms with van der Waals surface area (Å²) in [7, 11) is 0. The Bertz CT molecular complexity index is 739. The van der Waals surface area contributed by atoms with Crippen molar-refractivity contribution in [1.29, 1.82) is 0 Å². The Labute approximate surface area is 257 Å². The average molecular weight is 591 g/mol. The zero-order valence-electron chi connectivity index (χ0n) is 26.9. The van der Waals surface area contributed by atoms with Crippen molar-refractivity contribution in [3.8, 4) is 0 Å². The van der Waals surface area contributed by atoms with Crippen LogP contribution in [0.3, 0.4) is 0 Å². The van der Waals surface area contributed by atoms with Crippen LogP contribution in [0.4, 0.5) is 0 Å². The third-order valence-electron chi connectivity index (χ3n) is 6.96. The highest BCUT2D eigenvalue weighted by Gasteiger charge is 2.16. The maximum atomic E-state index is 12.1. The first-order valence-electron chi connectivity index (χ1n) is 16.8. The fraction of sp³-hybridized carbons (Fsp3) is 0.722. The Kier molecular flexibility index (Phi) is 30.1. The molecule has 0 bridgehead atoms. The monoisotopic (exact) mass is 590 g/mol. The Morgan fingerprint density at radius 1 is 0.667 bits per heavy atom. The Morgan fingerprint density at radius 3 is 1.95 bits per heavy atom. The average Bonchev–Trinajstić information content (AvgIpc) is 2.98. The van der Waals surface area contributed by atoms with Gasteiger partial charge in [-0.2, -0.15) is 0 Å². The van der Waals surface area contributed by atoms with E-state index < -0.39 is 12.2 Å². The van der Waals surface area contributed by atoms with Gasteiger partial charge >= 0.3 is 11.9 Å². The first-order valence-corrected chi connectivity index (χ1v) is 16.8. The van der Waals surface area contributed by atoms with Crippen molar-refractivity contribution in [1.82, 2.24) is 0 Å². The molecule has 0 aliphatic heterocycles. The summed E-state index contributed by atoms with van der Waals surface area (Å²) < 4.78 is 10.5. The Morgan fingerprint density at radius 2 is 1.26 bits per heavy atom. The van der Waals surface area contributed by atoms with Gasteiger partial charge in [0.05, 0.1) is 12.7 Å². The lowest BCUT2D eigenvalue weighted by Gasteiger charge is -2.15. The molecular weight excluding hydrogens is 528 g/mol. The van der Waals surface area contributed by atoms with E-state index in [0.29, 0.717) is 25.7 Å². The van der Waals surface area contributed by atoms with Crippen LogP contribution in [0.5, 0.6) is 0 Å². The number of hydrogen-bond acceptors (Lipinski definition) is 6. The number of aliphatic hydroxyl groups is 2. The molecule has 6 nitrogen and oxygen atoms in total. The molecule has 0 saturated carbocycles. The fourth-order valence-corrected chi connectivity index (χ4v) is 4.33. The molecule has 0 aliphatic carbocycles. The summed E-state index contributed by atoms with van der Waals surface area (Å²) in [4.78, 5) is 24.0. The van der Waals surface area contributed by atoms with E-state index in [4.69, 9.17) is 9.47 Å². The number of rotatable bonds is 29. The fourth-order valence-electron chi connectivity index (χ4n) is 4.33. The zero-order chi connectivity index (χ0) is 30.9. The number of carbonyl (C=O) groups excluding carboxylic acids is 2. The van der Waals surface area contributed by atoms with Crippen LogP contribution >= 0.6 is 0 Å². The van der Waals surface area contributed by atoms with E-state index in [9.17, 15) is 19.8 Å². The van der Waals surface area contributed by atoms with Gasteiger partial charge in [-0.15, -0.1) is 0 Å². The minimum atomic E-state index is -0.817. The minimum Gasteiger partial charge on any atom is -0.462 e. The van der Waals surface area contributed by atoms with Gasteiger partial charge in [0.25, 0.3) is 0 Å². The molecule has 0 fully saturated rings. The molecule has 0 radical (unpaired) electrons. The van der Waals surface area contributed by atoms with E-state index in [2.05, 4.69) is 32.1 Å². The van der Waals surface area contributed by atoms with Gasteiger partial charge in [0.1, 0.15) is 6.61 Å². The smallest absolute Gasteiger partial charge is 0.306 e. The van der Waals surface area contributed by atoms with Crippen molar-refractivity contribution in [2.24, 2.45) is 0 Å². The first-order chi connectivity index (χ1) is 20.5. The van der Waals surface area contributed by atoms with Crippen LogP contribution in [0.2, 0.25) is 0 Å². The van der Waals surface area contributed by atoms with E-state index in [1.807, 2.05) is 24.3 Å².